The third-order valence-corrected chi connectivity index (χ3v) is 12.8. The standard InChI is InChI=1S/C22H48P2/c1-19(2,3)23(20(4,5)6)17-15-13-14-16-18-24(21(7,8)9)22(10,11)12/h13-18H2,1-12H3. The fourth-order valence-electron chi connectivity index (χ4n) is 4.25. The molecule has 0 saturated carbocycles. The molecule has 0 aliphatic heterocycles. The smallest absolute Gasteiger partial charge is 0.0175 e. The average molecular weight is 375 g/mol. The highest BCUT2D eigenvalue weighted by Crippen LogP contribution is 2.60. The molecule has 0 spiro atoms. The molecule has 0 aliphatic carbocycles. The number of rotatable bonds is 7. The summed E-state index contributed by atoms with van der Waals surface area (Å²) in [5.74, 6) is 0. The van der Waals surface area contributed by atoms with Crippen molar-refractivity contribution in [1.82, 2.24) is 0 Å². The SMILES string of the molecule is CC(C)(C)P(CCCCCCP(C(C)(C)C)C(C)(C)C)C(C)(C)C. The number of hydrogen-bond acceptors (Lipinski definition) is 0. The van der Waals surface area contributed by atoms with Crippen LogP contribution >= 0.6 is 15.8 Å². The first-order valence-electron chi connectivity index (χ1n) is 10.0. The van der Waals surface area contributed by atoms with Crippen LogP contribution in [0.15, 0.2) is 0 Å². The zero-order valence-electron chi connectivity index (χ0n) is 19.1. The minimum atomic E-state index is 0.0909. The summed E-state index contributed by atoms with van der Waals surface area (Å²) >= 11 is 0. The van der Waals surface area contributed by atoms with Crippen molar-refractivity contribution >= 4 is 15.8 Å². The van der Waals surface area contributed by atoms with Gasteiger partial charge in [0.15, 0.2) is 0 Å². The van der Waals surface area contributed by atoms with E-state index in [-0.39, 0.29) is 15.8 Å². The lowest BCUT2D eigenvalue weighted by atomic mass is 10.2. The first-order valence-corrected chi connectivity index (χ1v) is 13.1. The topological polar surface area (TPSA) is 0 Å². The Morgan fingerprint density at radius 1 is 0.375 bits per heavy atom. The van der Waals surface area contributed by atoms with Crippen LogP contribution in [0.5, 0.6) is 0 Å². The fraction of sp³-hybridized carbons (Fsp3) is 1.00. The van der Waals surface area contributed by atoms with Crippen LogP contribution in [0.3, 0.4) is 0 Å². The molecule has 24 heavy (non-hydrogen) atoms. The number of hydrogen-bond donors (Lipinski definition) is 0. The van der Waals surface area contributed by atoms with Crippen LogP contribution in [0.4, 0.5) is 0 Å². The Morgan fingerprint density at radius 2 is 0.583 bits per heavy atom. The number of unbranched alkanes of at least 4 members (excludes halogenated alkanes) is 3. The average Bonchev–Trinajstić information content (AvgIpc) is 2.25. The van der Waals surface area contributed by atoms with E-state index in [4.69, 9.17) is 0 Å². The molecule has 0 atom stereocenters. The molecule has 0 amide bonds. The summed E-state index contributed by atoms with van der Waals surface area (Å²) in [5, 5.41) is 1.95. The van der Waals surface area contributed by atoms with Crippen LogP contribution in [0.25, 0.3) is 0 Å². The molecular weight excluding hydrogens is 326 g/mol. The maximum absolute atomic E-state index is 2.45. The van der Waals surface area contributed by atoms with Gasteiger partial charge in [-0.3, -0.25) is 0 Å². The van der Waals surface area contributed by atoms with Gasteiger partial charge in [0, 0.05) is 0 Å². The Balaban J connectivity index is 4.31. The monoisotopic (exact) mass is 374 g/mol. The lowest BCUT2D eigenvalue weighted by molar-refractivity contribution is 0.661. The summed E-state index contributed by atoms with van der Waals surface area (Å²) in [4.78, 5) is 0. The maximum atomic E-state index is 2.45. The molecule has 0 aromatic rings. The Kier molecular flexibility index (Phi) is 9.51. The van der Waals surface area contributed by atoms with Crippen LogP contribution in [0.1, 0.15) is 109 Å². The van der Waals surface area contributed by atoms with Gasteiger partial charge in [-0.25, -0.2) is 0 Å². The van der Waals surface area contributed by atoms with Gasteiger partial charge in [-0.1, -0.05) is 112 Å². The molecule has 2 heteroatoms. The summed E-state index contributed by atoms with van der Waals surface area (Å²) in [6.07, 6.45) is 8.64. The molecule has 0 N–H and O–H groups in total. The largest absolute Gasteiger partial charge is 0.0956 e. The van der Waals surface area contributed by atoms with Crippen LogP contribution in [-0.2, 0) is 0 Å². The van der Waals surface area contributed by atoms with Crippen molar-refractivity contribution in [2.24, 2.45) is 0 Å². The first-order chi connectivity index (χ1) is 10.5. The molecule has 0 fully saturated rings. The molecule has 0 saturated heterocycles. The molecule has 0 rings (SSSR count). The summed E-state index contributed by atoms with van der Waals surface area (Å²) in [6, 6.07) is 0. The van der Waals surface area contributed by atoms with Crippen molar-refractivity contribution in [2.45, 2.75) is 129 Å². The van der Waals surface area contributed by atoms with Crippen molar-refractivity contribution in [3.63, 3.8) is 0 Å². The molecule has 0 radical (unpaired) electrons. The minimum Gasteiger partial charge on any atom is -0.0956 e. The predicted octanol–water partition coefficient (Wildman–Crippen LogP) is 8.70. The Bertz CT molecular complexity index is 280. The van der Waals surface area contributed by atoms with Gasteiger partial charge in [-0.05, 0) is 45.8 Å². The predicted molar refractivity (Wildman–Crippen MR) is 121 cm³/mol. The highest BCUT2D eigenvalue weighted by Gasteiger charge is 2.34. The second kappa shape index (κ2) is 9.18. The van der Waals surface area contributed by atoms with Gasteiger partial charge in [0.05, 0.1) is 0 Å². The van der Waals surface area contributed by atoms with E-state index in [0.29, 0.717) is 20.6 Å². The van der Waals surface area contributed by atoms with E-state index in [2.05, 4.69) is 83.1 Å². The van der Waals surface area contributed by atoms with Crippen LogP contribution in [0.2, 0.25) is 0 Å². The van der Waals surface area contributed by atoms with Crippen molar-refractivity contribution < 1.29 is 0 Å². The summed E-state index contributed by atoms with van der Waals surface area (Å²) in [5.41, 5.74) is 0. The van der Waals surface area contributed by atoms with E-state index in [1.807, 2.05) is 0 Å². The van der Waals surface area contributed by atoms with E-state index in [0.717, 1.165) is 0 Å². The zero-order chi connectivity index (χ0) is 19.4. The molecule has 0 aromatic heterocycles. The minimum absolute atomic E-state index is 0.0909. The van der Waals surface area contributed by atoms with E-state index in [1.54, 1.807) is 0 Å². The van der Waals surface area contributed by atoms with Crippen LogP contribution in [-0.4, -0.2) is 32.9 Å². The summed E-state index contributed by atoms with van der Waals surface area (Å²) in [7, 11) is 0.182. The molecule has 0 bridgehead atoms. The quantitative estimate of drug-likeness (QED) is 0.309. The highest BCUT2D eigenvalue weighted by molar-refractivity contribution is 7.61. The van der Waals surface area contributed by atoms with Crippen molar-refractivity contribution in [3.05, 3.63) is 0 Å². The Morgan fingerprint density at radius 3 is 0.750 bits per heavy atom. The highest BCUT2D eigenvalue weighted by atomic mass is 31.1. The van der Waals surface area contributed by atoms with Gasteiger partial charge < -0.3 is 0 Å². The molecule has 0 heterocycles. The fourth-order valence-corrected chi connectivity index (χ4v) is 12.0. The van der Waals surface area contributed by atoms with E-state index in [9.17, 15) is 0 Å². The van der Waals surface area contributed by atoms with E-state index >= 15 is 0 Å². The molecule has 0 nitrogen and oxygen atoms in total. The Labute approximate surface area is 157 Å². The maximum Gasteiger partial charge on any atom is -0.0175 e. The lowest BCUT2D eigenvalue weighted by Crippen LogP contribution is -2.26. The second-order valence-corrected chi connectivity index (χ2v) is 19.4. The molecular formula is C22H48P2. The summed E-state index contributed by atoms with van der Waals surface area (Å²) < 4.78 is 0. The van der Waals surface area contributed by atoms with E-state index < -0.39 is 0 Å². The molecule has 146 valence electrons. The van der Waals surface area contributed by atoms with Gasteiger partial charge >= 0.3 is 0 Å². The van der Waals surface area contributed by atoms with Crippen LogP contribution < -0.4 is 0 Å². The van der Waals surface area contributed by atoms with Gasteiger partial charge in [0.2, 0.25) is 0 Å². The lowest BCUT2D eigenvalue weighted by Gasteiger charge is -2.42. The van der Waals surface area contributed by atoms with Crippen molar-refractivity contribution in [2.75, 3.05) is 12.3 Å². The summed E-state index contributed by atoms with van der Waals surface area (Å²) in [6.45, 7) is 29.4. The van der Waals surface area contributed by atoms with Gasteiger partial charge in [0.1, 0.15) is 0 Å². The van der Waals surface area contributed by atoms with Crippen molar-refractivity contribution in [3.8, 4) is 0 Å². The van der Waals surface area contributed by atoms with Gasteiger partial charge in [-0.15, -0.1) is 0 Å². The molecule has 0 unspecified atom stereocenters. The normalized spacial score (nSPS) is 14.8. The third-order valence-electron chi connectivity index (χ3n) is 4.75. The first kappa shape index (κ1) is 24.9. The molecule has 0 aromatic carbocycles. The van der Waals surface area contributed by atoms with Crippen LogP contribution in [0, 0.1) is 0 Å². The van der Waals surface area contributed by atoms with E-state index in [1.165, 1.54) is 38.0 Å². The second-order valence-electron chi connectivity index (χ2n) is 11.4. The third kappa shape index (κ3) is 9.53. The Hall–Kier alpha value is 0.860. The van der Waals surface area contributed by atoms with Crippen molar-refractivity contribution in [1.29, 1.82) is 0 Å². The van der Waals surface area contributed by atoms with Gasteiger partial charge in [0.25, 0.3) is 0 Å². The molecule has 0 aliphatic rings. The van der Waals surface area contributed by atoms with Gasteiger partial charge in [-0.2, -0.15) is 0 Å². The zero-order valence-corrected chi connectivity index (χ0v) is 20.9.